The second-order valence-corrected chi connectivity index (χ2v) is 17.1. The molecular formula is C51H97NO5. The lowest BCUT2D eigenvalue weighted by molar-refractivity contribution is -0.143. The van der Waals surface area contributed by atoms with Gasteiger partial charge in [0.25, 0.3) is 0 Å². The van der Waals surface area contributed by atoms with Gasteiger partial charge in [-0.1, -0.05) is 218 Å². The third kappa shape index (κ3) is 43.7. The molecule has 0 saturated heterocycles. The van der Waals surface area contributed by atoms with Crippen molar-refractivity contribution in [3.05, 3.63) is 24.3 Å². The minimum absolute atomic E-state index is 0.0273. The maximum Gasteiger partial charge on any atom is 0.305 e. The summed E-state index contributed by atoms with van der Waals surface area (Å²) in [6.07, 6.45) is 54.2. The fourth-order valence-corrected chi connectivity index (χ4v) is 7.61. The number of unbranched alkanes of at least 4 members (excludes halogenated alkanes) is 31. The van der Waals surface area contributed by atoms with Crippen LogP contribution < -0.4 is 5.32 Å². The van der Waals surface area contributed by atoms with E-state index in [9.17, 15) is 19.8 Å². The van der Waals surface area contributed by atoms with E-state index >= 15 is 0 Å². The van der Waals surface area contributed by atoms with E-state index < -0.39 is 12.1 Å². The Balaban J connectivity index is 3.48. The van der Waals surface area contributed by atoms with Crippen LogP contribution in [0.1, 0.15) is 264 Å². The summed E-state index contributed by atoms with van der Waals surface area (Å²) < 4.78 is 5.45. The molecule has 0 aliphatic rings. The van der Waals surface area contributed by atoms with Crippen molar-refractivity contribution in [3.63, 3.8) is 0 Å². The smallest absolute Gasteiger partial charge is 0.305 e. The second kappa shape index (κ2) is 47.0. The van der Waals surface area contributed by atoms with Crippen LogP contribution in [-0.4, -0.2) is 47.4 Å². The summed E-state index contributed by atoms with van der Waals surface area (Å²) in [6.45, 7) is 4.88. The van der Waals surface area contributed by atoms with E-state index in [0.717, 1.165) is 70.6 Å². The topological polar surface area (TPSA) is 95.9 Å². The van der Waals surface area contributed by atoms with Crippen molar-refractivity contribution in [2.45, 2.75) is 276 Å². The number of aliphatic hydroxyl groups is 2. The number of esters is 1. The first-order valence-corrected chi connectivity index (χ1v) is 25.1. The van der Waals surface area contributed by atoms with Crippen LogP contribution in [0.25, 0.3) is 0 Å². The van der Waals surface area contributed by atoms with Crippen LogP contribution in [0, 0.1) is 0 Å². The highest BCUT2D eigenvalue weighted by molar-refractivity contribution is 5.76. The predicted molar refractivity (Wildman–Crippen MR) is 246 cm³/mol. The van der Waals surface area contributed by atoms with E-state index in [1.54, 1.807) is 0 Å². The number of allylic oxidation sites excluding steroid dienone is 4. The molecule has 0 saturated carbocycles. The first-order chi connectivity index (χ1) is 28.0. The molecule has 0 aromatic heterocycles. The fraction of sp³-hybridized carbons (Fsp3) is 0.882. The Bertz CT molecular complexity index is 889. The Hall–Kier alpha value is -1.66. The Morgan fingerprint density at radius 1 is 0.491 bits per heavy atom. The van der Waals surface area contributed by atoms with Crippen LogP contribution >= 0.6 is 0 Å². The van der Waals surface area contributed by atoms with Crippen molar-refractivity contribution in [2.75, 3.05) is 13.2 Å². The molecule has 0 bridgehead atoms. The Morgan fingerprint density at radius 2 is 0.877 bits per heavy atom. The van der Waals surface area contributed by atoms with Gasteiger partial charge < -0.3 is 20.3 Å². The minimum atomic E-state index is -0.676. The molecule has 336 valence electrons. The Labute approximate surface area is 354 Å². The molecule has 2 unspecified atom stereocenters. The van der Waals surface area contributed by atoms with Gasteiger partial charge in [0.1, 0.15) is 0 Å². The minimum Gasteiger partial charge on any atom is -0.466 e. The van der Waals surface area contributed by atoms with Crippen LogP contribution in [0.4, 0.5) is 0 Å². The maximum atomic E-state index is 12.4. The van der Waals surface area contributed by atoms with E-state index in [4.69, 9.17) is 4.74 Å². The van der Waals surface area contributed by atoms with E-state index in [0.29, 0.717) is 25.9 Å². The number of hydrogen-bond donors (Lipinski definition) is 3. The van der Waals surface area contributed by atoms with Gasteiger partial charge in [-0.15, -0.1) is 0 Å². The molecule has 0 aromatic rings. The average Bonchev–Trinajstić information content (AvgIpc) is 3.21. The third-order valence-corrected chi connectivity index (χ3v) is 11.5. The molecule has 57 heavy (non-hydrogen) atoms. The standard InChI is InChI=1S/C51H97NO5/c1-3-5-7-9-11-13-15-17-18-19-21-25-29-33-37-41-45-51(56)57-46-42-38-34-30-26-22-24-28-32-36-40-44-50(55)52-48(47-53)49(54)43-39-35-31-27-23-20-16-14-12-10-8-6-4-2/h13,15,18-19,48-49,53-54H,3-12,14,16-17,20-47H2,1-2H3,(H,52,55)/b15-13-,19-18-. The number of ether oxygens (including phenoxy) is 1. The largest absolute Gasteiger partial charge is 0.466 e. The normalized spacial score (nSPS) is 12.8. The predicted octanol–water partition coefficient (Wildman–Crippen LogP) is 14.7. The van der Waals surface area contributed by atoms with Gasteiger partial charge in [-0.25, -0.2) is 0 Å². The Kier molecular flexibility index (Phi) is 45.7. The molecule has 2 atom stereocenters. The van der Waals surface area contributed by atoms with E-state index in [1.807, 2.05) is 0 Å². The summed E-state index contributed by atoms with van der Waals surface area (Å²) in [6, 6.07) is -0.555. The van der Waals surface area contributed by atoms with E-state index in [1.165, 1.54) is 161 Å². The molecule has 0 aliphatic heterocycles. The number of aliphatic hydroxyl groups excluding tert-OH is 2. The highest BCUT2D eigenvalue weighted by atomic mass is 16.5. The van der Waals surface area contributed by atoms with Gasteiger partial charge in [-0.05, 0) is 57.8 Å². The fourth-order valence-electron chi connectivity index (χ4n) is 7.61. The van der Waals surface area contributed by atoms with Gasteiger partial charge in [0, 0.05) is 12.8 Å². The van der Waals surface area contributed by atoms with E-state index in [-0.39, 0.29) is 18.5 Å². The van der Waals surface area contributed by atoms with Crippen LogP contribution in [-0.2, 0) is 14.3 Å². The van der Waals surface area contributed by atoms with Crippen LogP contribution in [0.5, 0.6) is 0 Å². The summed E-state index contributed by atoms with van der Waals surface area (Å²) in [5.41, 5.74) is 0. The Morgan fingerprint density at radius 3 is 1.35 bits per heavy atom. The van der Waals surface area contributed by atoms with Crippen molar-refractivity contribution in [2.24, 2.45) is 0 Å². The molecule has 0 aliphatic carbocycles. The third-order valence-electron chi connectivity index (χ3n) is 11.5. The quantitative estimate of drug-likeness (QED) is 0.0324. The molecule has 1 amide bonds. The van der Waals surface area contributed by atoms with Crippen molar-refractivity contribution in [1.29, 1.82) is 0 Å². The summed E-state index contributed by atoms with van der Waals surface area (Å²) in [7, 11) is 0. The lowest BCUT2D eigenvalue weighted by Gasteiger charge is -2.22. The van der Waals surface area contributed by atoms with Gasteiger partial charge in [0.2, 0.25) is 5.91 Å². The highest BCUT2D eigenvalue weighted by Gasteiger charge is 2.20. The number of hydrogen-bond acceptors (Lipinski definition) is 5. The zero-order valence-corrected chi connectivity index (χ0v) is 38.1. The lowest BCUT2D eigenvalue weighted by atomic mass is 10.0. The first-order valence-electron chi connectivity index (χ1n) is 25.1. The average molecular weight is 804 g/mol. The summed E-state index contributed by atoms with van der Waals surface area (Å²) in [4.78, 5) is 24.5. The van der Waals surface area contributed by atoms with Gasteiger partial charge in [-0.2, -0.15) is 0 Å². The van der Waals surface area contributed by atoms with Gasteiger partial charge in [-0.3, -0.25) is 9.59 Å². The molecule has 3 N–H and O–H groups in total. The molecule has 0 aromatic carbocycles. The summed E-state index contributed by atoms with van der Waals surface area (Å²) >= 11 is 0. The summed E-state index contributed by atoms with van der Waals surface area (Å²) in [5.74, 6) is -0.0825. The van der Waals surface area contributed by atoms with Crippen molar-refractivity contribution in [1.82, 2.24) is 5.32 Å². The second-order valence-electron chi connectivity index (χ2n) is 17.1. The monoisotopic (exact) mass is 804 g/mol. The van der Waals surface area contributed by atoms with Crippen LogP contribution in [0.2, 0.25) is 0 Å². The molecule has 6 nitrogen and oxygen atoms in total. The molecule has 0 fully saturated rings. The molecule has 6 heteroatoms. The number of carbonyl (C=O) groups is 2. The van der Waals surface area contributed by atoms with E-state index in [2.05, 4.69) is 43.5 Å². The van der Waals surface area contributed by atoms with Crippen molar-refractivity contribution in [3.8, 4) is 0 Å². The maximum absolute atomic E-state index is 12.4. The molecule has 0 radical (unpaired) electrons. The lowest BCUT2D eigenvalue weighted by Crippen LogP contribution is -2.45. The molecular weight excluding hydrogens is 707 g/mol. The van der Waals surface area contributed by atoms with Crippen LogP contribution in [0.15, 0.2) is 24.3 Å². The SMILES string of the molecule is CCCCCC/C=C\C/C=C\CCCCCCCC(=O)OCCCCCCCCCCCCCC(=O)NC(CO)C(O)CCCCCCCCCCCCCCC. The van der Waals surface area contributed by atoms with Gasteiger partial charge >= 0.3 is 5.97 Å². The molecule has 0 heterocycles. The van der Waals surface area contributed by atoms with Crippen molar-refractivity contribution >= 4 is 11.9 Å². The van der Waals surface area contributed by atoms with Gasteiger partial charge in [0.15, 0.2) is 0 Å². The highest BCUT2D eigenvalue weighted by Crippen LogP contribution is 2.16. The molecule has 0 spiro atoms. The number of amides is 1. The van der Waals surface area contributed by atoms with Crippen molar-refractivity contribution < 1.29 is 24.5 Å². The number of carbonyl (C=O) groups excluding carboxylic acids is 2. The number of nitrogens with one attached hydrogen (secondary N) is 1. The van der Waals surface area contributed by atoms with Gasteiger partial charge in [0.05, 0.1) is 25.4 Å². The molecule has 0 rings (SSSR count). The summed E-state index contributed by atoms with van der Waals surface area (Å²) in [5, 5.41) is 23.2. The van der Waals surface area contributed by atoms with Crippen LogP contribution in [0.3, 0.4) is 0 Å². The first kappa shape index (κ1) is 55.3. The zero-order valence-electron chi connectivity index (χ0n) is 38.1. The number of rotatable bonds is 46. The zero-order chi connectivity index (χ0) is 41.5.